The molecule has 0 aliphatic rings. The van der Waals surface area contributed by atoms with E-state index < -0.39 is 16.1 Å². The molecule has 0 bridgehead atoms. The number of hydrogen-bond acceptors (Lipinski definition) is 4. The molecular formula is C22H27BrClN3O4S. The van der Waals surface area contributed by atoms with Gasteiger partial charge < -0.3 is 10.2 Å². The molecule has 0 unspecified atom stereocenters. The number of amides is 2. The average molecular weight is 545 g/mol. The van der Waals surface area contributed by atoms with E-state index in [4.69, 9.17) is 11.6 Å². The highest BCUT2D eigenvalue weighted by atomic mass is 79.9. The Morgan fingerprint density at radius 2 is 1.81 bits per heavy atom. The lowest BCUT2D eigenvalue weighted by molar-refractivity contribution is -0.140. The second kappa shape index (κ2) is 11.7. The van der Waals surface area contributed by atoms with E-state index in [1.54, 1.807) is 31.2 Å². The molecule has 0 heterocycles. The van der Waals surface area contributed by atoms with Gasteiger partial charge in [0.1, 0.15) is 6.04 Å². The third-order valence-electron chi connectivity index (χ3n) is 4.93. The molecule has 0 radical (unpaired) electrons. The molecule has 10 heteroatoms. The lowest BCUT2D eigenvalue weighted by atomic mass is 10.1. The number of carbonyl (C=O) groups is 2. The van der Waals surface area contributed by atoms with Crippen molar-refractivity contribution in [3.63, 3.8) is 0 Å². The smallest absolute Gasteiger partial charge is 0.242 e. The molecule has 0 aliphatic carbocycles. The molecule has 2 amide bonds. The third kappa shape index (κ3) is 7.50. The van der Waals surface area contributed by atoms with Crippen LogP contribution >= 0.6 is 27.5 Å². The van der Waals surface area contributed by atoms with Gasteiger partial charge in [-0.2, -0.15) is 0 Å². The highest BCUT2D eigenvalue weighted by Crippen LogP contribution is 2.23. The topological polar surface area (TPSA) is 86.8 Å². The molecule has 0 aromatic heterocycles. The zero-order chi connectivity index (χ0) is 23.9. The van der Waals surface area contributed by atoms with Crippen LogP contribution in [0.2, 0.25) is 5.02 Å². The highest BCUT2D eigenvalue weighted by Gasteiger charge is 2.26. The molecule has 2 aromatic rings. The van der Waals surface area contributed by atoms with Gasteiger partial charge >= 0.3 is 0 Å². The summed E-state index contributed by atoms with van der Waals surface area (Å²) >= 11 is 9.39. The number of anilines is 1. The Morgan fingerprint density at radius 1 is 1.16 bits per heavy atom. The Labute approximate surface area is 202 Å². The van der Waals surface area contributed by atoms with E-state index in [1.807, 2.05) is 24.3 Å². The van der Waals surface area contributed by atoms with Gasteiger partial charge in [0.15, 0.2) is 0 Å². The zero-order valence-corrected chi connectivity index (χ0v) is 21.4. The van der Waals surface area contributed by atoms with Gasteiger partial charge in [-0.25, -0.2) is 8.42 Å². The Bertz CT molecular complexity index is 1050. The molecule has 2 rings (SSSR count). The maximum absolute atomic E-state index is 13.0. The van der Waals surface area contributed by atoms with Crippen LogP contribution in [0.4, 0.5) is 5.69 Å². The van der Waals surface area contributed by atoms with Crippen molar-refractivity contribution in [2.75, 3.05) is 24.2 Å². The minimum Gasteiger partial charge on any atom is -0.357 e. The first kappa shape index (κ1) is 26.2. The van der Waals surface area contributed by atoms with Crippen LogP contribution in [-0.2, 0) is 26.2 Å². The number of carbonyl (C=O) groups excluding carboxylic acids is 2. The largest absolute Gasteiger partial charge is 0.357 e. The van der Waals surface area contributed by atoms with Crippen LogP contribution in [0.3, 0.4) is 0 Å². The van der Waals surface area contributed by atoms with Crippen LogP contribution in [0.15, 0.2) is 53.0 Å². The summed E-state index contributed by atoms with van der Waals surface area (Å²) in [6.45, 7) is 2.06. The van der Waals surface area contributed by atoms with E-state index in [2.05, 4.69) is 21.2 Å². The Morgan fingerprint density at radius 3 is 2.38 bits per heavy atom. The molecule has 1 N–H and O–H groups in total. The first-order chi connectivity index (χ1) is 15.0. The fourth-order valence-electron chi connectivity index (χ4n) is 3.21. The fraction of sp³-hybridized carbons (Fsp3) is 0.364. The second-order valence-electron chi connectivity index (χ2n) is 7.36. The summed E-state index contributed by atoms with van der Waals surface area (Å²) < 4.78 is 26.7. The van der Waals surface area contributed by atoms with Gasteiger partial charge in [0.05, 0.1) is 11.9 Å². The van der Waals surface area contributed by atoms with Gasteiger partial charge in [0.2, 0.25) is 21.8 Å². The third-order valence-corrected chi connectivity index (χ3v) is 6.89. The van der Waals surface area contributed by atoms with Crippen LogP contribution < -0.4 is 9.62 Å². The Balaban J connectivity index is 2.13. The molecular weight excluding hydrogens is 518 g/mol. The molecule has 2 aromatic carbocycles. The van der Waals surface area contributed by atoms with E-state index >= 15 is 0 Å². The number of benzene rings is 2. The van der Waals surface area contributed by atoms with Gasteiger partial charge in [-0.1, -0.05) is 45.7 Å². The minimum atomic E-state index is -3.56. The van der Waals surface area contributed by atoms with E-state index in [1.165, 1.54) is 16.3 Å². The quantitative estimate of drug-likeness (QED) is 0.493. The monoisotopic (exact) mass is 543 g/mol. The van der Waals surface area contributed by atoms with Crippen molar-refractivity contribution in [2.45, 2.75) is 32.4 Å². The highest BCUT2D eigenvalue weighted by molar-refractivity contribution is 9.10. The number of rotatable bonds is 10. The summed E-state index contributed by atoms with van der Waals surface area (Å²) in [4.78, 5) is 26.8. The van der Waals surface area contributed by atoms with Gasteiger partial charge in [-0.15, -0.1) is 0 Å². The number of nitrogens with zero attached hydrogens (tertiary/aromatic N) is 2. The van der Waals surface area contributed by atoms with Gasteiger partial charge in [-0.3, -0.25) is 13.9 Å². The van der Waals surface area contributed by atoms with E-state index in [0.717, 1.165) is 16.3 Å². The van der Waals surface area contributed by atoms with Crippen molar-refractivity contribution in [1.29, 1.82) is 0 Å². The Kier molecular flexibility index (Phi) is 9.54. The molecule has 32 heavy (non-hydrogen) atoms. The molecule has 0 aliphatic heterocycles. The number of sulfonamides is 1. The van der Waals surface area contributed by atoms with E-state index in [-0.39, 0.29) is 37.7 Å². The summed E-state index contributed by atoms with van der Waals surface area (Å²) in [5.74, 6) is -0.504. The second-order valence-corrected chi connectivity index (χ2v) is 10.6. The lowest BCUT2D eigenvalue weighted by Gasteiger charge is -2.29. The fourth-order valence-corrected chi connectivity index (χ4v) is 4.62. The van der Waals surface area contributed by atoms with E-state index in [9.17, 15) is 18.0 Å². The molecule has 174 valence electrons. The predicted molar refractivity (Wildman–Crippen MR) is 131 cm³/mol. The number of nitrogens with one attached hydrogen (secondary N) is 1. The predicted octanol–water partition coefficient (Wildman–Crippen LogP) is 3.81. The van der Waals surface area contributed by atoms with Crippen molar-refractivity contribution in [3.8, 4) is 0 Å². The summed E-state index contributed by atoms with van der Waals surface area (Å²) in [6.07, 6.45) is 1.49. The lowest BCUT2D eigenvalue weighted by Crippen LogP contribution is -2.46. The van der Waals surface area contributed by atoms with Crippen LogP contribution in [0.25, 0.3) is 0 Å². The van der Waals surface area contributed by atoms with Crippen LogP contribution in [0.5, 0.6) is 0 Å². The average Bonchev–Trinajstić information content (AvgIpc) is 2.74. The van der Waals surface area contributed by atoms with Gasteiger partial charge in [0, 0.05) is 36.1 Å². The molecule has 0 fully saturated rings. The van der Waals surface area contributed by atoms with Crippen molar-refractivity contribution < 1.29 is 18.0 Å². The van der Waals surface area contributed by atoms with Crippen LogP contribution in [-0.4, -0.2) is 51.0 Å². The molecule has 0 spiro atoms. The van der Waals surface area contributed by atoms with Crippen molar-refractivity contribution >= 4 is 55.1 Å². The zero-order valence-electron chi connectivity index (χ0n) is 18.2. The maximum atomic E-state index is 13.0. The number of likely N-dealkylation sites (N-methyl/N-ethyl adjacent to an activating group) is 1. The van der Waals surface area contributed by atoms with Crippen LogP contribution in [0, 0.1) is 0 Å². The molecule has 1 atom stereocenters. The van der Waals surface area contributed by atoms with Gasteiger partial charge in [-0.05, 0) is 49.2 Å². The standard InChI is InChI=1S/C22H27BrClN3O4S/c1-16(22(29)25-2)26(15-17-9-11-18(23)12-10-17)21(28)8-5-13-27(32(3,30)31)20-7-4-6-19(24)14-20/h4,6-7,9-12,14,16H,5,8,13,15H2,1-3H3,(H,25,29)/t16-/m1/s1. The van der Waals surface area contributed by atoms with Crippen molar-refractivity contribution in [1.82, 2.24) is 10.2 Å². The maximum Gasteiger partial charge on any atom is 0.242 e. The first-order valence-electron chi connectivity index (χ1n) is 10.0. The number of hydrogen-bond donors (Lipinski definition) is 1. The SMILES string of the molecule is CNC(=O)[C@@H](C)N(Cc1ccc(Br)cc1)C(=O)CCCN(c1cccc(Cl)c1)S(C)(=O)=O. The Hall–Kier alpha value is -2.10. The van der Waals surface area contributed by atoms with Gasteiger partial charge in [0.25, 0.3) is 0 Å². The number of halogens is 2. The summed E-state index contributed by atoms with van der Waals surface area (Å²) in [5, 5.41) is 3.00. The normalized spacial score (nSPS) is 12.2. The van der Waals surface area contributed by atoms with Crippen molar-refractivity contribution in [2.24, 2.45) is 0 Å². The summed E-state index contributed by atoms with van der Waals surface area (Å²) in [7, 11) is -2.03. The minimum absolute atomic E-state index is 0.0877. The van der Waals surface area contributed by atoms with Crippen LogP contribution in [0.1, 0.15) is 25.3 Å². The summed E-state index contributed by atoms with van der Waals surface area (Å²) in [6, 6.07) is 13.4. The van der Waals surface area contributed by atoms with E-state index in [0.29, 0.717) is 10.7 Å². The van der Waals surface area contributed by atoms with Crippen molar-refractivity contribution in [3.05, 3.63) is 63.6 Å². The summed E-state index contributed by atoms with van der Waals surface area (Å²) in [5.41, 5.74) is 1.33. The first-order valence-corrected chi connectivity index (χ1v) is 13.0. The molecule has 0 saturated carbocycles. The molecule has 7 nitrogen and oxygen atoms in total. The molecule has 0 saturated heterocycles.